The molecule has 0 radical (unpaired) electrons. The normalized spacial score (nSPS) is 20.6. The molecule has 0 amide bonds. The lowest BCUT2D eigenvalue weighted by Gasteiger charge is -2.31. The topological polar surface area (TPSA) is 44.5 Å². The first-order chi connectivity index (χ1) is 10.1. The molecule has 110 valence electrons. The van der Waals surface area contributed by atoms with Gasteiger partial charge in [0.15, 0.2) is 0 Å². The quantitative estimate of drug-likeness (QED) is 0.881. The maximum absolute atomic E-state index is 6.33. The predicted molar refractivity (Wildman–Crippen MR) is 86.8 cm³/mol. The van der Waals surface area contributed by atoms with Gasteiger partial charge in [-0.1, -0.05) is 28.1 Å². The largest absolute Gasteiger partial charge is 0.497 e. The Morgan fingerprint density at radius 1 is 1.19 bits per heavy atom. The van der Waals surface area contributed by atoms with E-state index in [1.165, 1.54) is 5.56 Å². The van der Waals surface area contributed by atoms with Gasteiger partial charge in [-0.3, -0.25) is 0 Å². The highest BCUT2D eigenvalue weighted by Gasteiger charge is 2.28. The SMILES string of the molecule is COc1ccc2c(c1)[C@@H](N)CC(c1ccc(C)cc1Br)O2. The van der Waals surface area contributed by atoms with E-state index in [0.717, 1.165) is 33.5 Å². The Labute approximate surface area is 133 Å². The molecule has 3 nitrogen and oxygen atoms in total. The van der Waals surface area contributed by atoms with Crippen molar-refractivity contribution in [2.24, 2.45) is 5.73 Å². The first-order valence-corrected chi connectivity index (χ1v) is 7.74. The molecule has 21 heavy (non-hydrogen) atoms. The van der Waals surface area contributed by atoms with Gasteiger partial charge in [0.1, 0.15) is 17.6 Å². The van der Waals surface area contributed by atoms with Crippen LogP contribution in [-0.4, -0.2) is 7.11 Å². The Morgan fingerprint density at radius 3 is 2.71 bits per heavy atom. The first-order valence-electron chi connectivity index (χ1n) is 6.94. The summed E-state index contributed by atoms with van der Waals surface area (Å²) in [7, 11) is 1.66. The van der Waals surface area contributed by atoms with Crippen LogP contribution >= 0.6 is 15.9 Å². The number of nitrogens with two attached hydrogens (primary N) is 1. The zero-order chi connectivity index (χ0) is 15.0. The summed E-state index contributed by atoms with van der Waals surface area (Å²) in [6.45, 7) is 2.07. The molecule has 0 saturated carbocycles. The van der Waals surface area contributed by atoms with Crippen LogP contribution in [-0.2, 0) is 0 Å². The maximum Gasteiger partial charge on any atom is 0.127 e. The molecule has 1 unspecified atom stereocenters. The molecule has 0 saturated heterocycles. The van der Waals surface area contributed by atoms with Crippen molar-refractivity contribution < 1.29 is 9.47 Å². The monoisotopic (exact) mass is 347 g/mol. The smallest absolute Gasteiger partial charge is 0.127 e. The maximum atomic E-state index is 6.33. The highest BCUT2D eigenvalue weighted by Crippen LogP contribution is 2.42. The molecular formula is C17H18BrNO2. The van der Waals surface area contributed by atoms with Crippen LogP contribution in [0, 0.1) is 6.92 Å². The highest BCUT2D eigenvalue weighted by molar-refractivity contribution is 9.10. The Morgan fingerprint density at radius 2 is 2.00 bits per heavy atom. The number of benzene rings is 2. The summed E-state index contributed by atoms with van der Waals surface area (Å²) < 4.78 is 12.5. The standard InChI is InChI=1S/C17H18BrNO2/c1-10-3-5-12(14(18)7-10)17-9-15(19)13-8-11(20-2)4-6-16(13)21-17/h3-8,15,17H,9,19H2,1-2H3/t15-,17?/m0/s1. The number of aryl methyl sites for hydroxylation is 1. The van der Waals surface area contributed by atoms with Gasteiger partial charge in [0.05, 0.1) is 7.11 Å². The summed E-state index contributed by atoms with van der Waals surface area (Å²) in [6.07, 6.45) is 0.720. The summed E-state index contributed by atoms with van der Waals surface area (Å²) >= 11 is 3.62. The van der Waals surface area contributed by atoms with Crippen LogP contribution in [0.25, 0.3) is 0 Å². The predicted octanol–water partition coefficient (Wildman–Crippen LogP) is 4.29. The van der Waals surface area contributed by atoms with Gasteiger partial charge >= 0.3 is 0 Å². The fourth-order valence-corrected chi connectivity index (χ4v) is 3.44. The first kappa shape index (κ1) is 14.4. The van der Waals surface area contributed by atoms with Gasteiger partial charge in [-0.2, -0.15) is 0 Å². The minimum Gasteiger partial charge on any atom is -0.497 e. The van der Waals surface area contributed by atoms with E-state index in [0.29, 0.717) is 0 Å². The molecule has 2 atom stereocenters. The fourth-order valence-electron chi connectivity index (χ4n) is 2.69. The molecule has 2 N–H and O–H groups in total. The van der Waals surface area contributed by atoms with E-state index in [1.54, 1.807) is 7.11 Å². The molecular weight excluding hydrogens is 330 g/mol. The summed E-state index contributed by atoms with van der Waals surface area (Å²) in [4.78, 5) is 0. The lowest BCUT2D eigenvalue weighted by molar-refractivity contribution is 0.160. The second-order valence-electron chi connectivity index (χ2n) is 5.38. The lowest BCUT2D eigenvalue weighted by atomic mass is 9.93. The third-order valence-electron chi connectivity index (χ3n) is 3.86. The summed E-state index contributed by atoms with van der Waals surface area (Å²) in [5.74, 6) is 1.65. The Bertz CT molecular complexity index is 672. The average Bonchev–Trinajstić information content (AvgIpc) is 2.47. The van der Waals surface area contributed by atoms with Gasteiger partial charge in [0, 0.05) is 28.1 Å². The third kappa shape index (κ3) is 2.78. The molecule has 0 aromatic heterocycles. The van der Waals surface area contributed by atoms with E-state index >= 15 is 0 Å². The minimum absolute atomic E-state index is 0.0316. The minimum atomic E-state index is -0.0537. The molecule has 0 fully saturated rings. The Kier molecular flexibility index (Phi) is 3.91. The van der Waals surface area contributed by atoms with Crippen molar-refractivity contribution in [1.29, 1.82) is 0 Å². The van der Waals surface area contributed by atoms with E-state index in [9.17, 15) is 0 Å². The molecule has 0 spiro atoms. The molecule has 0 aliphatic carbocycles. The summed E-state index contributed by atoms with van der Waals surface area (Å²) in [5.41, 5.74) is 9.69. The fraction of sp³-hybridized carbons (Fsp3) is 0.294. The van der Waals surface area contributed by atoms with Gasteiger partial charge in [0.25, 0.3) is 0 Å². The van der Waals surface area contributed by atoms with Crippen LogP contribution in [0.4, 0.5) is 0 Å². The van der Waals surface area contributed by atoms with E-state index in [2.05, 4.69) is 41.1 Å². The van der Waals surface area contributed by atoms with E-state index in [1.807, 2.05) is 18.2 Å². The molecule has 1 aliphatic rings. The van der Waals surface area contributed by atoms with Crippen molar-refractivity contribution in [3.8, 4) is 11.5 Å². The number of methoxy groups -OCH3 is 1. The highest BCUT2D eigenvalue weighted by atomic mass is 79.9. The molecule has 4 heteroatoms. The Hall–Kier alpha value is -1.52. The van der Waals surface area contributed by atoms with Gasteiger partial charge in [-0.05, 0) is 36.8 Å². The van der Waals surface area contributed by atoms with Crippen LogP contribution in [0.5, 0.6) is 11.5 Å². The summed E-state index contributed by atoms with van der Waals surface area (Å²) in [6, 6.07) is 12.0. The van der Waals surface area contributed by atoms with E-state index < -0.39 is 0 Å². The number of ether oxygens (including phenoxy) is 2. The second kappa shape index (κ2) is 5.70. The van der Waals surface area contributed by atoms with Crippen LogP contribution in [0.3, 0.4) is 0 Å². The van der Waals surface area contributed by atoms with Crippen LogP contribution < -0.4 is 15.2 Å². The van der Waals surface area contributed by atoms with Crippen LogP contribution in [0.15, 0.2) is 40.9 Å². The van der Waals surface area contributed by atoms with Crippen LogP contribution in [0.1, 0.15) is 35.3 Å². The number of rotatable bonds is 2. The van der Waals surface area contributed by atoms with Crippen molar-refractivity contribution in [3.63, 3.8) is 0 Å². The molecule has 0 bridgehead atoms. The van der Waals surface area contributed by atoms with Gasteiger partial charge in [0.2, 0.25) is 0 Å². The van der Waals surface area contributed by atoms with Crippen molar-refractivity contribution in [1.82, 2.24) is 0 Å². The Balaban J connectivity index is 1.94. The molecule has 1 heterocycles. The zero-order valence-electron chi connectivity index (χ0n) is 12.1. The van der Waals surface area contributed by atoms with E-state index in [4.69, 9.17) is 15.2 Å². The molecule has 2 aromatic carbocycles. The van der Waals surface area contributed by atoms with E-state index in [-0.39, 0.29) is 12.1 Å². The number of hydrogen-bond donors (Lipinski definition) is 1. The van der Waals surface area contributed by atoms with Gasteiger partial charge in [-0.25, -0.2) is 0 Å². The molecule has 3 rings (SSSR count). The molecule has 2 aromatic rings. The van der Waals surface area contributed by atoms with Crippen molar-refractivity contribution in [2.45, 2.75) is 25.5 Å². The number of halogens is 1. The average molecular weight is 348 g/mol. The summed E-state index contributed by atoms with van der Waals surface area (Å²) in [5, 5.41) is 0. The van der Waals surface area contributed by atoms with Gasteiger partial charge < -0.3 is 15.2 Å². The number of fused-ring (bicyclic) bond motifs is 1. The van der Waals surface area contributed by atoms with Crippen LogP contribution in [0.2, 0.25) is 0 Å². The van der Waals surface area contributed by atoms with Gasteiger partial charge in [-0.15, -0.1) is 0 Å². The third-order valence-corrected chi connectivity index (χ3v) is 4.54. The zero-order valence-corrected chi connectivity index (χ0v) is 13.7. The van der Waals surface area contributed by atoms with Crippen molar-refractivity contribution in [2.75, 3.05) is 7.11 Å². The number of hydrogen-bond acceptors (Lipinski definition) is 3. The lowest BCUT2D eigenvalue weighted by Crippen LogP contribution is -2.24. The molecule has 1 aliphatic heterocycles. The second-order valence-corrected chi connectivity index (χ2v) is 6.23. The van der Waals surface area contributed by atoms with Crippen molar-refractivity contribution >= 4 is 15.9 Å². The van der Waals surface area contributed by atoms with Crippen molar-refractivity contribution in [3.05, 3.63) is 57.6 Å².